The van der Waals surface area contributed by atoms with E-state index in [2.05, 4.69) is 12.2 Å². The minimum Gasteiger partial charge on any atom is -0.497 e. The molecule has 0 atom stereocenters. The van der Waals surface area contributed by atoms with E-state index in [9.17, 15) is 9.59 Å². The molecule has 4 aromatic rings. The molecule has 2 aromatic carbocycles. The van der Waals surface area contributed by atoms with E-state index in [1.54, 1.807) is 29.9 Å². The SMILES string of the molecule is CCCCn1c(SCC(=O)Nc2ccc(OC)cc2OC)nc2c(oc3ccccc32)c1=O. The first-order valence-electron chi connectivity index (χ1n) is 10.6. The van der Waals surface area contributed by atoms with Crippen LogP contribution in [0.15, 0.2) is 56.8 Å². The summed E-state index contributed by atoms with van der Waals surface area (Å²) in [6.07, 6.45) is 1.74. The number of para-hydroxylation sites is 1. The minimum atomic E-state index is -0.239. The van der Waals surface area contributed by atoms with Crippen molar-refractivity contribution in [1.29, 1.82) is 0 Å². The second kappa shape index (κ2) is 9.99. The molecule has 0 saturated carbocycles. The van der Waals surface area contributed by atoms with Gasteiger partial charge in [0, 0.05) is 18.0 Å². The first-order chi connectivity index (χ1) is 16.0. The summed E-state index contributed by atoms with van der Waals surface area (Å²) in [4.78, 5) is 30.6. The molecule has 0 bridgehead atoms. The van der Waals surface area contributed by atoms with Crippen molar-refractivity contribution >= 4 is 45.4 Å². The van der Waals surface area contributed by atoms with Crippen molar-refractivity contribution in [2.45, 2.75) is 31.5 Å². The van der Waals surface area contributed by atoms with Gasteiger partial charge in [0.05, 0.1) is 25.7 Å². The van der Waals surface area contributed by atoms with Gasteiger partial charge in [0.25, 0.3) is 5.56 Å². The summed E-state index contributed by atoms with van der Waals surface area (Å²) in [5, 5.41) is 4.12. The fourth-order valence-corrected chi connectivity index (χ4v) is 4.31. The van der Waals surface area contributed by atoms with Gasteiger partial charge < -0.3 is 19.2 Å². The molecule has 0 spiro atoms. The van der Waals surface area contributed by atoms with Crippen molar-refractivity contribution in [3.8, 4) is 11.5 Å². The van der Waals surface area contributed by atoms with Crippen LogP contribution in [-0.2, 0) is 11.3 Å². The molecule has 0 aliphatic carbocycles. The van der Waals surface area contributed by atoms with E-state index < -0.39 is 0 Å². The fraction of sp³-hybridized carbons (Fsp3) is 0.292. The number of fused-ring (bicyclic) bond motifs is 3. The first kappa shape index (κ1) is 22.7. The van der Waals surface area contributed by atoms with Gasteiger partial charge in [0.1, 0.15) is 22.6 Å². The van der Waals surface area contributed by atoms with Crippen molar-refractivity contribution in [3.63, 3.8) is 0 Å². The molecular weight excluding hydrogens is 442 g/mol. The molecule has 172 valence electrons. The van der Waals surface area contributed by atoms with Crippen LogP contribution in [0.2, 0.25) is 0 Å². The maximum atomic E-state index is 13.2. The molecule has 0 aliphatic rings. The van der Waals surface area contributed by atoms with Crippen molar-refractivity contribution in [2.75, 3.05) is 25.3 Å². The highest BCUT2D eigenvalue weighted by atomic mass is 32.2. The van der Waals surface area contributed by atoms with Crippen molar-refractivity contribution in [2.24, 2.45) is 0 Å². The Kier molecular flexibility index (Phi) is 6.88. The highest BCUT2D eigenvalue weighted by Gasteiger charge is 2.19. The lowest BCUT2D eigenvalue weighted by atomic mass is 10.2. The van der Waals surface area contributed by atoms with E-state index in [4.69, 9.17) is 18.9 Å². The third kappa shape index (κ3) is 4.68. The standard InChI is InChI=1S/C24H25N3O5S/c1-4-5-12-27-23(29)22-21(16-8-6-7-9-18(16)32-22)26-24(27)33-14-20(28)25-17-11-10-15(30-2)13-19(17)31-3/h6-11,13H,4-5,12,14H2,1-3H3,(H,25,28). The van der Waals surface area contributed by atoms with Gasteiger partial charge in [-0.05, 0) is 30.7 Å². The minimum absolute atomic E-state index is 0.0784. The molecular formula is C24H25N3O5S. The second-order valence-electron chi connectivity index (χ2n) is 7.38. The monoisotopic (exact) mass is 467 g/mol. The third-order valence-electron chi connectivity index (χ3n) is 5.20. The van der Waals surface area contributed by atoms with Crippen LogP contribution < -0.4 is 20.3 Å². The lowest BCUT2D eigenvalue weighted by molar-refractivity contribution is -0.113. The zero-order valence-electron chi connectivity index (χ0n) is 18.7. The number of aromatic nitrogens is 2. The Morgan fingerprint density at radius 1 is 1.18 bits per heavy atom. The lowest BCUT2D eigenvalue weighted by Gasteiger charge is -2.13. The molecule has 33 heavy (non-hydrogen) atoms. The highest BCUT2D eigenvalue weighted by molar-refractivity contribution is 7.99. The van der Waals surface area contributed by atoms with Crippen LogP contribution in [-0.4, -0.2) is 35.4 Å². The van der Waals surface area contributed by atoms with Crippen LogP contribution >= 0.6 is 11.8 Å². The molecule has 2 heterocycles. The van der Waals surface area contributed by atoms with Gasteiger partial charge in [0.2, 0.25) is 11.5 Å². The molecule has 1 amide bonds. The van der Waals surface area contributed by atoms with Gasteiger partial charge in [-0.25, -0.2) is 4.98 Å². The molecule has 1 N–H and O–H groups in total. The first-order valence-corrected chi connectivity index (χ1v) is 11.6. The van der Waals surface area contributed by atoms with Gasteiger partial charge in [-0.2, -0.15) is 0 Å². The van der Waals surface area contributed by atoms with E-state index in [0.29, 0.717) is 40.0 Å². The Bertz CT molecular complexity index is 1360. The summed E-state index contributed by atoms with van der Waals surface area (Å²) in [5.74, 6) is 0.965. The maximum Gasteiger partial charge on any atom is 0.297 e. The van der Waals surface area contributed by atoms with Crippen LogP contribution in [0, 0.1) is 0 Å². The summed E-state index contributed by atoms with van der Waals surface area (Å²) in [6.45, 7) is 2.56. The lowest BCUT2D eigenvalue weighted by Crippen LogP contribution is -2.24. The maximum absolute atomic E-state index is 13.2. The topological polar surface area (TPSA) is 95.6 Å². The predicted molar refractivity (Wildman–Crippen MR) is 130 cm³/mol. The van der Waals surface area contributed by atoms with E-state index in [1.807, 2.05) is 24.3 Å². The number of ether oxygens (including phenoxy) is 2. The van der Waals surface area contributed by atoms with E-state index in [1.165, 1.54) is 18.9 Å². The number of hydrogen-bond donors (Lipinski definition) is 1. The quantitative estimate of drug-likeness (QED) is 0.282. The number of carbonyl (C=O) groups is 1. The van der Waals surface area contributed by atoms with Crippen molar-refractivity contribution in [1.82, 2.24) is 9.55 Å². The molecule has 0 fully saturated rings. The van der Waals surface area contributed by atoms with Crippen LogP contribution in [0.4, 0.5) is 5.69 Å². The zero-order chi connectivity index (χ0) is 23.4. The molecule has 9 heteroatoms. The molecule has 0 radical (unpaired) electrons. The number of rotatable bonds is 9. The van der Waals surface area contributed by atoms with Crippen LogP contribution in [0.25, 0.3) is 22.1 Å². The Morgan fingerprint density at radius 3 is 2.76 bits per heavy atom. The van der Waals surface area contributed by atoms with E-state index in [-0.39, 0.29) is 22.8 Å². The number of amides is 1. The largest absolute Gasteiger partial charge is 0.497 e. The summed E-state index contributed by atoms with van der Waals surface area (Å²) >= 11 is 1.22. The number of thioether (sulfide) groups is 1. The molecule has 0 aliphatic heterocycles. The summed E-state index contributed by atoms with van der Waals surface area (Å²) in [5.41, 5.74) is 1.68. The van der Waals surface area contributed by atoms with Crippen LogP contribution in [0.1, 0.15) is 19.8 Å². The summed E-state index contributed by atoms with van der Waals surface area (Å²) < 4.78 is 17.9. The average molecular weight is 468 g/mol. The number of unbranched alkanes of at least 4 members (excludes halogenated alkanes) is 1. The zero-order valence-corrected chi connectivity index (χ0v) is 19.5. The molecule has 0 unspecified atom stereocenters. The highest BCUT2D eigenvalue weighted by Crippen LogP contribution is 2.30. The van der Waals surface area contributed by atoms with Gasteiger partial charge in [0.15, 0.2) is 5.16 Å². The van der Waals surface area contributed by atoms with Crippen LogP contribution in [0.5, 0.6) is 11.5 Å². The summed E-state index contributed by atoms with van der Waals surface area (Å²) in [7, 11) is 3.09. The van der Waals surface area contributed by atoms with Gasteiger partial charge >= 0.3 is 0 Å². The number of nitrogens with one attached hydrogen (secondary N) is 1. The average Bonchev–Trinajstić information content (AvgIpc) is 3.21. The van der Waals surface area contributed by atoms with Crippen LogP contribution in [0.3, 0.4) is 0 Å². The number of carbonyl (C=O) groups excluding carboxylic acids is 1. The number of benzene rings is 2. The Balaban J connectivity index is 1.61. The molecule has 0 saturated heterocycles. The smallest absolute Gasteiger partial charge is 0.297 e. The van der Waals surface area contributed by atoms with Crippen molar-refractivity contribution < 1.29 is 18.7 Å². The predicted octanol–water partition coefficient (Wildman–Crippen LogP) is 4.69. The number of furan rings is 1. The Labute approximate surface area is 194 Å². The third-order valence-corrected chi connectivity index (χ3v) is 6.17. The summed E-state index contributed by atoms with van der Waals surface area (Å²) in [6, 6.07) is 12.6. The Morgan fingerprint density at radius 2 is 2.00 bits per heavy atom. The fourth-order valence-electron chi connectivity index (χ4n) is 3.50. The Hall–Kier alpha value is -3.46. The second-order valence-corrected chi connectivity index (χ2v) is 8.33. The normalized spacial score (nSPS) is 11.1. The van der Waals surface area contributed by atoms with E-state index >= 15 is 0 Å². The van der Waals surface area contributed by atoms with E-state index in [0.717, 1.165) is 18.2 Å². The van der Waals surface area contributed by atoms with Gasteiger partial charge in [-0.1, -0.05) is 37.2 Å². The van der Waals surface area contributed by atoms with Gasteiger partial charge in [-0.15, -0.1) is 0 Å². The van der Waals surface area contributed by atoms with Crippen molar-refractivity contribution in [3.05, 3.63) is 52.8 Å². The molecule has 2 aromatic heterocycles. The molecule has 4 rings (SSSR count). The number of nitrogens with zero attached hydrogens (tertiary/aromatic N) is 2. The molecule has 8 nitrogen and oxygen atoms in total. The number of hydrogen-bond acceptors (Lipinski definition) is 7. The number of methoxy groups -OCH3 is 2. The number of anilines is 1. The van der Waals surface area contributed by atoms with Gasteiger partial charge in [-0.3, -0.25) is 14.2 Å².